The van der Waals surface area contributed by atoms with Gasteiger partial charge in [0.05, 0.1) is 11.0 Å². The van der Waals surface area contributed by atoms with Gasteiger partial charge < -0.3 is 10.5 Å². The molecule has 4 fully saturated rings. The lowest BCUT2D eigenvalue weighted by molar-refractivity contribution is -0.171. The molecule has 5 heteroatoms. The minimum atomic E-state index is -0.368. The summed E-state index contributed by atoms with van der Waals surface area (Å²) >= 11 is 6.53. The summed E-state index contributed by atoms with van der Waals surface area (Å²) in [7, 11) is 0. The predicted octanol–water partition coefficient (Wildman–Crippen LogP) is 4.25. The van der Waals surface area contributed by atoms with Crippen molar-refractivity contribution in [2.75, 3.05) is 0 Å². The van der Waals surface area contributed by atoms with Gasteiger partial charge in [-0.1, -0.05) is 24.9 Å². The van der Waals surface area contributed by atoms with Crippen LogP contribution in [0.5, 0.6) is 0 Å². The van der Waals surface area contributed by atoms with Crippen LogP contribution in [0.4, 0.5) is 0 Å². The molecule has 1 amide bonds. The first kappa shape index (κ1) is 17.7. The smallest absolute Gasteiger partial charge is 0.257 e. The van der Waals surface area contributed by atoms with E-state index in [0.717, 1.165) is 43.6 Å². The van der Waals surface area contributed by atoms with E-state index in [4.69, 9.17) is 22.1 Å². The monoisotopic (exact) mass is 386 g/mol. The second-order valence-corrected chi connectivity index (χ2v) is 9.68. The number of allylic oxidation sites excluding steroid dienone is 3. The zero-order valence-corrected chi connectivity index (χ0v) is 16.5. The third-order valence-electron chi connectivity index (χ3n) is 7.60. The summed E-state index contributed by atoms with van der Waals surface area (Å²) in [5, 5.41) is 0.533. The van der Waals surface area contributed by atoms with Gasteiger partial charge in [-0.3, -0.25) is 4.79 Å². The Bertz CT molecular complexity index is 793. The van der Waals surface area contributed by atoms with Crippen LogP contribution in [0.25, 0.3) is 0 Å². The van der Waals surface area contributed by atoms with Gasteiger partial charge in [0.1, 0.15) is 11.4 Å². The Balaban J connectivity index is 1.42. The Morgan fingerprint density at radius 2 is 2.04 bits per heavy atom. The summed E-state index contributed by atoms with van der Waals surface area (Å²) in [5.74, 6) is 1.99. The molecule has 0 radical (unpaired) electrons. The van der Waals surface area contributed by atoms with Gasteiger partial charge >= 0.3 is 0 Å². The number of hydrogen-bond donors (Lipinski definition) is 1. The zero-order chi connectivity index (χ0) is 18.8. The summed E-state index contributed by atoms with van der Waals surface area (Å²) in [6, 6.07) is 0. The number of halogens is 1. The van der Waals surface area contributed by atoms with Crippen molar-refractivity contribution in [1.82, 2.24) is 0 Å². The Kier molecular flexibility index (Phi) is 3.97. The van der Waals surface area contributed by atoms with Crippen LogP contribution in [0.2, 0.25) is 0 Å². The zero-order valence-electron chi connectivity index (χ0n) is 15.8. The number of nitrogens with zero attached hydrogens (tertiary/aromatic N) is 1. The van der Waals surface area contributed by atoms with E-state index in [1.54, 1.807) is 12.3 Å². The average molecular weight is 387 g/mol. The van der Waals surface area contributed by atoms with E-state index in [1.165, 1.54) is 12.8 Å². The number of nitrogens with two attached hydrogens (primary N) is 1. The maximum Gasteiger partial charge on any atom is 0.257 e. The van der Waals surface area contributed by atoms with Gasteiger partial charge in [0, 0.05) is 11.8 Å². The second kappa shape index (κ2) is 6.05. The largest absolute Gasteiger partial charge is 0.486 e. The molecular weight excluding hydrogens is 360 g/mol. The molecule has 0 spiro atoms. The lowest BCUT2D eigenvalue weighted by Gasteiger charge is -2.64. The maximum absolute atomic E-state index is 12.0. The highest BCUT2D eigenvalue weighted by molar-refractivity contribution is 6.32. The van der Waals surface area contributed by atoms with Gasteiger partial charge in [-0.05, 0) is 80.1 Å². The number of carbonyl (C=O) groups is 1. The molecule has 3 unspecified atom stereocenters. The first-order chi connectivity index (χ1) is 12.9. The summed E-state index contributed by atoms with van der Waals surface area (Å²) in [4.78, 5) is 15.9. The minimum Gasteiger partial charge on any atom is -0.486 e. The normalized spacial score (nSPS) is 44.6. The van der Waals surface area contributed by atoms with Crippen LogP contribution < -0.4 is 5.73 Å². The lowest BCUT2D eigenvalue weighted by Crippen LogP contribution is -2.67. The number of hydrogen-bond acceptors (Lipinski definition) is 3. The van der Waals surface area contributed by atoms with Crippen molar-refractivity contribution in [1.29, 1.82) is 0 Å². The molecule has 4 saturated carbocycles. The number of rotatable bonds is 4. The Morgan fingerprint density at radius 1 is 1.30 bits per heavy atom. The van der Waals surface area contributed by atoms with Gasteiger partial charge in [0.2, 0.25) is 0 Å². The van der Waals surface area contributed by atoms with E-state index in [-0.39, 0.29) is 23.0 Å². The molecule has 6 aliphatic rings. The fraction of sp³-hybridized carbons (Fsp3) is 0.636. The number of aliphatic imine (C=N–C) groups is 1. The van der Waals surface area contributed by atoms with Gasteiger partial charge in [-0.15, -0.1) is 0 Å². The third kappa shape index (κ3) is 2.67. The molecule has 0 aromatic carbocycles. The van der Waals surface area contributed by atoms with Gasteiger partial charge in [-0.2, -0.15) is 0 Å². The minimum absolute atomic E-state index is 0.0149. The molecule has 1 heterocycles. The molecule has 0 saturated heterocycles. The summed E-state index contributed by atoms with van der Waals surface area (Å²) < 4.78 is 6.67. The number of fused-ring (bicyclic) bond motifs is 1. The van der Waals surface area contributed by atoms with Crippen LogP contribution in [0.15, 0.2) is 39.6 Å². The summed E-state index contributed by atoms with van der Waals surface area (Å²) in [6.45, 7) is 2.24. The highest BCUT2D eigenvalue weighted by atomic mass is 35.5. The lowest BCUT2D eigenvalue weighted by atomic mass is 9.46. The molecule has 27 heavy (non-hydrogen) atoms. The molecule has 6 rings (SSSR count). The highest BCUT2D eigenvalue weighted by Crippen LogP contribution is 2.62. The van der Waals surface area contributed by atoms with Crippen molar-refractivity contribution in [3.8, 4) is 0 Å². The molecule has 1 aliphatic heterocycles. The van der Waals surface area contributed by atoms with Gasteiger partial charge in [-0.25, -0.2) is 4.99 Å². The van der Waals surface area contributed by atoms with Crippen molar-refractivity contribution in [3.63, 3.8) is 0 Å². The van der Waals surface area contributed by atoms with Crippen molar-refractivity contribution in [3.05, 3.63) is 34.6 Å². The van der Waals surface area contributed by atoms with Crippen LogP contribution in [-0.2, 0) is 9.53 Å². The van der Waals surface area contributed by atoms with Crippen LogP contribution in [0.3, 0.4) is 0 Å². The first-order valence-corrected chi connectivity index (χ1v) is 10.7. The van der Waals surface area contributed by atoms with Crippen LogP contribution >= 0.6 is 11.6 Å². The molecule has 3 atom stereocenters. The number of ether oxygens (including phenoxy) is 1. The number of carbonyl (C=O) groups excluding carboxylic acids is 1. The molecule has 144 valence electrons. The quantitative estimate of drug-likeness (QED) is 0.785. The Labute approximate surface area is 165 Å². The topological polar surface area (TPSA) is 64.7 Å². The van der Waals surface area contributed by atoms with Crippen molar-refractivity contribution >= 4 is 23.7 Å². The molecule has 4 nitrogen and oxygen atoms in total. The van der Waals surface area contributed by atoms with E-state index >= 15 is 0 Å². The average Bonchev–Trinajstić information content (AvgIpc) is 2.61. The molecule has 0 aromatic heterocycles. The van der Waals surface area contributed by atoms with Gasteiger partial charge in [0.25, 0.3) is 5.91 Å². The van der Waals surface area contributed by atoms with Gasteiger partial charge in [0.15, 0.2) is 0 Å². The Morgan fingerprint density at radius 3 is 2.74 bits per heavy atom. The van der Waals surface area contributed by atoms with Crippen molar-refractivity contribution in [2.45, 2.75) is 63.0 Å². The number of dihydropyridines is 1. The van der Waals surface area contributed by atoms with Crippen LogP contribution in [0.1, 0.15) is 51.9 Å². The summed E-state index contributed by atoms with van der Waals surface area (Å²) in [6.07, 6.45) is 15.1. The highest BCUT2D eigenvalue weighted by Gasteiger charge is 2.61. The fourth-order valence-corrected chi connectivity index (χ4v) is 6.84. The van der Waals surface area contributed by atoms with Crippen molar-refractivity contribution < 1.29 is 9.53 Å². The standard InChI is InChI=1S/C22H27ClN2O2/c1-2-4-22(24)15-6-13-7-16(22)12-21(10-13,11-15)27-19-8-14-3-5-25-20(26)17(14)9-18(19)23/h3,5,8-9,13,15-17H,2,4,6-7,10-12,24H2,1H3. The van der Waals surface area contributed by atoms with E-state index in [1.807, 2.05) is 12.2 Å². The maximum atomic E-state index is 12.0. The molecule has 2 N–H and O–H groups in total. The van der Waals surface area contributed by atoms with E-state index in [2.05, 4.69) is 11.9 Å². The van der Waals surface area contributed by atoms with Crippen LogP contribution in [-0.4, -0.2) is 23.3 Å². The second-order valence-electron chi connectivity index (χ2n) is 9.28. The van der Waals surface area contributed by atoms with Crippen molar-refractivity contribution in [2.24, 2.45) is 34.4 Å². The predicted molar refractivity (Wildman–Crippen MR) is 106 cm³/mol. The molecular formula is C22H27ClN2O2. The summed E-state index contributed by atoms with van der Waals surface area (Å²) in [5.41, 5.74) is 7.71. The van der Waals surface area contributed by atoms with E-state index < -0.39 is 0 Å². The van der Waals surface area contributed by atoms with E-state index in [0.29, 0.717) is 22.6 Å². The number of amides is 1. The molecule has 4 bridgehead atoms. The molecule has 0 aromatic rings. The molecule has 5 aliphatic carbocycles. The fourth-order valence-electron chi connectivity index (χ4n) is 6.62. The Hall–Kier alpha value is -1.39. The SMILES string of the molecule is CCCC1(N)C2CC3CC1CC(OC1=CC4=CC=NC(=O)C4C=C1Cl)(C3)C2. The van der Waals surface area contributed by atoms with E-state index in [9.17, 15) is 4.79 Å². The first-order valence-electron chi connectivity index (χ1n) is 10.3. The van der Waals surface area contributed by atoms with Crippen LogP contribution in [0, 0.1) is 23.7 Å². The third-order valence-corrected chi connectivity index (χ3v) is 7.92.